The van der Waals surface area contributed by atoms with Gasteiger partial charge in [-0.15, -0.1) is 10.2 Å². The standard InChI is InChI=1S/C28H18Cl2FN3O3S2/c29-18-12-11-17(20(30)14-18)15-38-28-33-32-27(39-28)34-24(19-8-4-5-9-21(19)31)23(25(36)26(34)37)22(35)13-10-16-6-2-1-3-7-16/h1-14,24,36H,15H2/b13-10+. The van der Waals surface area contributed by atoms with Crippen molar-refractivity contribution in [1.29, 1.82) is 0 Å². The topological polar surface area (TPSA) is 83.4 Å². The summed E-state index contributed by atoms with van der Waals surface area (Å²) in [4.78, 5) is 27.7. The lowest BCUT2D eigenvalue weighted by Gasteiger charge is -2.24. The van der Waals surface area contributed by atoms with Gasteiger partial charge in [0.15, 0.2) is 15.9 Å². The number of ketones is 1. The number of aromatic nitrogens is 2. The Hall–Kier alpha value is -3.50. The molecule has 0 spiro atoms. The van der Waals surface area contributed by atoms with Crippen LogP contribution in [0.4, 0.5) is 9.52 Å². The molecule has 0 aliphatic carbocycles. The maximum Gasteiger partial charge on any atom is 0.296 e. The van der Waals surface area contributed by atoms with Crippen LogP contribution in [0.25, 0.3) is 6.08 Å². The third-order valence-corrected chi connectivity index (χ3v) is 8.56. The third-order valence-electron chi connectivity index (χ3n) is 5.87. The first kappa shape index (κ1) is 27.1. The smallest absolute Gasteiger partial charge is 0.296 e. The fourth-order valence-electron chi connectivity index (χ4n) is 4.01. The summed E-state index contributed by atoms with van der Waals surface area (Å²) in [5.41, 5.74) is 1.39. The summed E-state index contributed by atoms with van der Waals surface area (Å²) >= 11 is 14.6. The van der Waals surface area contributed by atoms with Crippen LogP contribution in [-0.2, 0) is 15.3 Å². The molecule has 11 heteroatoms. The lowest BCUT2D eigenvalue weighted by molar-refractivity contribution is -0.117. The quantitative estimate of drug-likeness (QED) is 0.129. The highest BCUT2D eigenvalue weighted by atomic mass is 35.5. The van der Waals surface area contributed by atoms with Gasteiger partial charge < -0.3 is 5.11 Å². The van der Waals surface area contributed by atoms with Crippen LogP contribution < -0.4 is 4.90 Å². The van der Waals surface area contributed by atoms with Gasteiger partial charge in [0.1, 0.15) is 11.9 Å². The molecule has 2 heterocycles. The van der Waals surface area contributed by atoms with Crippen molar-refractivity contribution < 1.29 is 19.1 Å². The minimum atomic E-state index is -1.23. The van der Waals surface area contributed by atoms with E-state index in [-0.39, 0.29) is 16.3 Å². The molecule has 1 aliphatic heterocycles. The number of thioether (sulfide) groups is 1. The Morgan fingerprint density at radius 3 is 2.56 bits per heavy atom. The molecular formula is C28H18Cl2FN3O3S2. The Kier molecular flexibility index (Phi) is 8.13. The van der Waals surface area contributed by atoms with Crippen molar-refractivity contribution in [3.63, 3.8) is 0 Å². The molecule has 1 atom stereocenters. The molecular weight excluding hydrogens is 580 g/mol. The lowest BCUT2D eigenvalue weighted by Crippen LogP contribution is -2.31. The van der Waals surface area contributed by atoms with Crippen molar-refractivity contribution >= 4 is 69.2 Å². The van der Waals surface area contributed by atoms with Crippen molar-refractivity contribution in [3.05, 3.63) is 123 Å². The lowest BCUT2D eigenvalue weighted by atomic mass is 9.95. The van der Waals surface area contributed by atoms with Crippen LogP contribution in [-0.4, -0.2) is 27.0 Å². The van der Waals surface area contributed by atoms with E-state index in [1.165, 1.54) is 36.0 Å². The molecule has 1 aromatic heterocycles. The van der Waals surface area contributed by atoms with Crippen LogP contribution >= 0.6 is 46.3 Å². The van der Waals surface area contributed by atoms with Crippen LogP contribution in [0.3, 0.4) is 0 Å². The van der Waals surface area contributed by atoms with Crippen molar-refractivity contribution in [2.45, 2.75) is 16.1 Å². The van der Waals surface area contributed by atoms with Gasteiger partial charge in [0.25, 0.3) is 5.91 Å². The Balaban J connectivity index is 1.46. The summed E-state index contributed by atoms with van der Waals surface area (Å²) in [5, 5.41) is 20.3. The molecule has 1 N–H and O–H groups in total. The molecule has 1 amide bonds. The number of carbonyl (C=O) groups excluding carboxylic acids is 2. The Bertz CT molecular complexity index is 1630. The van der Waals surface area contributed by atoms with Crippen LogP contribution in [0.2, 0.25) is 10.0 Å². The monoisotopic (exact) mass is 597 g/mol. The number of aliphatic hydroxyl groups is 1. The van der Waals surface area contributed by atoms with Crippen LogP contribution in [0.1, 0.15) is 22.7 Å². The molecule has 1 aliphatic rings. The normalized spacial score (nSPS) is 15.5. The zero-order valence-corrected chi connectivity index (χ0v) is 23.1. The Labute approximate surface area is 241 Å². The van der Waals surface area contributed by atoms with E-state index in [1.807, 2.05) is 18.2 Å². The van der Waals surface area contributed by atoms with Gasteiger partial charge >= 0.3 is 0 Å². The van der Waals surface area contributed by atoms with E-state index >= 15 is 4.39 Å². The number of carbonyl (C=O) groups is 2. The van der Waals surface area contributed by atoms with Gasteiger partial charge in [0.2, 0.25) is 5.13 Å². The summed E-state index contributed by atoms with van der Waals surface area (Å²) in [7, 11) is 0. The van der Waals surface area contributed by atoms with Crippen molar-refractivity contribution in [3.8, 4) is 0 Å². The first-order chi connectivity index (χ1) is 18.8. The van der Waals surface area contributed by atoms with E-state index < -0.39 is 29.3 Å². The Morgan fingerprint density at radius 2 is 1.82 bits per heavy atom. The summed E-state index contributed by atoms with van der Waals surface area (Å²) in [6.07, 6.45) is 2.82. The van der Waals surface area contributed by atoms with E-state index in [0.29, 0.717) is 20.1 Å². The molecule has 196 valence electrons. The second-order valence-electron chi connectivity index (χ2n) is 8.34. The summed E-state index contributed by atoms with van der Waals surface area (Å²) < 4.78 is 15.5. The first-order valence-corrected chi connectivity index (χ1v) is 14.1. The third kappa shape index (κ3) is 5.77. The van der Waals surface area contributed by atoms with Gasteiger partial charge in [0.05, 0.1) is 5.57 Å². The van der Waals surface area contributed by atoms with Gasteiger partial charge in [-0.2, -0.15) is 0 Å². The molecule has 5 rings (SSSR count). The highest BCUT2D eigenvalue weighted by Gasteiger charge is 2.46. The number of nitrogens with zero attached hydrogens (tertiary/aromatic N) is 3. The molecule has 0 saturated carbocycles. The summed E-state index contributed by atoms with van der Waals surface area (Å²) in [6, 6.07) is 18.8. The maximum absolute atomic E-state index is 15.0. The van der Waals surface area contributed by atoms with Crippen molar-refractivity contribution in [2.75, 3.05) is 4.90 Å². The predicted molar refractivity (Wildman–Crippen MR) is 153 cm³/mol. The number of hydrogen-bond acceptors (Lipinski definition) is 7. The van der Waals surface area contributed by atoms with Gasteiger partial charge in [-0.05, 0) is 35.4 Å². The Morgan fingerprint density at radius 1 is 1.08 bits per heavy atom. The number of anilines is 1. The molecule has 3 aromatic carbocycles. The van der Waals surface area contributed by atoms with Gasteiger partial charge in [-0.25, -0.2) is 4.39 Å². The van der Waals surface area contributed by atoms with E-state index in [0.717, 1.165) is 27.4 Å². The highest BCUT2D eigenvalue weighted by molar-refractivity contribution is 8.00. The van der Waals surface area contributed by atoms with E-state index in [9.17, 15) is 14.7 Å². The number of halogens is 3. The first-order valence-electron chi connectivity index (χ1n) is 11.5. The second kappa shape index (κ2) is 11.7. The molecule has 1 unspecified atom stereocenters. The SMILES string of the molecule is O=C(/C=C/c1ccccc1)C1=C(O)C(=O)N(c2nnc(SCc3ccc(Cl)cc3Cl)s2)C1c1ccccc1F. The van der Waals surface area contributed by atoms with Gasteiger partial charge in [0, 0.05) is 21.4 Å². The summed E-state index contributed by atoms with van der Waals surface area (Å²) in [5.74, 6) is -2.43. The molecule has 4 aromatic rings. The number of amides is 1. The average Bonchev–Trinajstić information content (AvgIpc) is 3.49. The zero-order chi connectivity index (χ0) is 27.5. The summed E-state index contributed by atoms with van der Waals surface area (Å²) in [6.45, 7) is 0. The minimum Gasteiger partial charge on any atom is -0.503 e. The number of hydrogen-bond donors (Lipinski definition) is 1. The molecule has 0 fully saturated rings. The molecule has 39 heavy (non-hydrogen) atoms. The highest BCUT2D eigenvalue weighted by Crippen LogP contribution is 2.44. The zero-order valence-electron chi connectivity index (χ0n) is 19.9. The minimum absolute atomic E-state index is 0.0451. The largest absolute Gasteiger partial charge is 0.503 e. The van der Waals surface area contributed by atoms with Crippen molar-refractivity contribution in [2.24, 2.45) is 0 Å². The number of benzene rings is 3. The molecule has 6 nitrogen and oxygen atoms in total. The van der Waals surface area contributed by atoms with E-state index in [1.54, 1.807) is 42.5 Å². The van der Waals surface area contributed by atoms with Gasteiger partial charge in [-0.3, -0.25) is 14.5 Å². The number of allylic oxidation sites excluding steroid dienone is 1. The van der Waals surface area contributed by atoms with Crippen LogP contribution in [0, 0.1) is 5.82 Å². The van der Waals surface area contributed by atoms with Crippen LogP contribution in [0.5, 0.6) is 0 Å². The average molecular weight is 599 g/mol. The van der Waals surface area contributed by atoms with Crippen molar-refractivity contribution in [1.82, 2.24) is 10.2 Å². The van der Waals surface area contributed by atoms with Gasteiger partial charge in [-0.1, -0.05) is 107 Å². The van der Waals surface area contributed by atoms with E-state index in [4.69, 9.17) is 23.2 Å². The fourth-order valence-corrected chi connectivity index (χ4v) is 6.43. The molecule has 0 radical (unpaired) electrons. The second-order valence-corrected chi connectivity index (χ2v) is 11.4. The number of aliphatic hydroxyl groups excluding tert-OH is 1. The number of rotatable bonds is 8. The van der Waals surface area contributed by atoms with E-state index in [2.05, 4.69) is 10.2 Å². The molecule has 0 bridgehead atoms. The predicted octanol–water partition coefficient (Wildman–Crippen LogP) is 7.46. The maximum atomic E-state index is 15.0. The van der Waals surface area contributed by atoms with Crippen LogP contribution in [0.15, 0.2) is 94.5 Å². The molecule has 0 saturated heterocycles. The fraction of sp³-hybridized carbons (Fsp3) is 0.0714.